The fourth-order valence-corrected chi connectivity index (χ4v) is 1.17. The van der Waals surface area contributed by atoms with Gasteiger partial charge in [-0.25, -0.2) is 0 Å². The van der Waals surface area contributed by atoms with Crippen LogP contribution < -0.4 is 5.73 Å². The van der Waals surface area contributed by atoms with Gasteiger partial charge in [-0.05, 0) is 12.8 Å². The fourth-order valence-electron chi connectivity index (χ4n) is 1.17. The minimum absolute atomic E-state index is 0.250. The van der Waals surface area contributed by atoms with Gasteiger partial charge < -0.3 is 5.73 Å². The number of nitrogens with two attached hydrogens (primary N) is 1. The second kappa shape index (κ2) is 13.9. The van der Waals surface area contributed by atoms with E-state index in [-0.39, 0.29) is 6.15 Å². The normalized spacial score (nSPS) is 11.0. The predicted molar refractivity (Wildman–Crippen MR) is 52.0 cm³/mol. The first-order valence-corrected chi connectivity index (χ1v) is 4.97. The van der Waals surface area contributed by atoms with Crippen LogP contribution in [0.5, 0.6) is 0 Å². The lowest BCUT2D eigenvalue weighted by molar-refractivity contribution is -0.191. The molecule has 0 rings (SSSR count). The molecule has 0 spiro atoms. The topological polar surface area (TPSA) is 60.2 Å². The third kappa shape index (κ3) is 18.4. The first kappa shape index (κ1) is 14.8. The van der Waals surface area contributed by atoms with E-state index >= 15 is 0 Å². The molecule has 0 saturated carbocycles. The van der Waals surface area contributed by atoms with E-state index < -0.39 is 0 Å². The van der Waals surface area contributed by atoms with Crippen molar-refractivity contribution in [2.24, 2.45) is 5.73 Å². The average Bonchev–Trinajstić information content (AvgIpc) is 2.07. The van der Waals surface area contributed by atoms with E-state index in [9.17, 15) is 0 Å². The summed E-state index contributed by atoms with van der Waals surface area (Å²) < 4.78 is 0. The molecule has 3 nitrogen and oxygen atoms in total. The first-order chi connectivity index (χ1) is 6.22. The molecule has 2 N–H and O–H groups in total. The van der Waals surface area contributed by atoms with E-state index in [2.05, 4.69) is 13.8 Å². The Balaban J connectivity index is 0. The van der Waals surface area contributed by atoms with Crippen LogP contribution in [0.2, 0.25) is 0 Å². The number of unbranched alkanes of at least 4 members (excludes halogenated alkanes) is 2. The molecule has 0 radical (unpaired) electrons. The molecule has 0 aromatic carbocycles. The molecule has 0 heterocycles. The Hall–Kier alpha value is -0.660. The zero-order chi connectivity index (χ0) is 10.5. The van der Waals surface area contributed by atoms with Gasteiger partial charge in [0.2, 0.25) is 0 Å². The Labute approximate surface area is 80.7 Å². The van der Waals surface area contributed by atoms with Crippen LogP contribution in [0.1, 0.15) is 52.4 Å². The molecule has 78 valence electrons. The third-order valence-electron chi connectivity index (χ3n) is 1.84. The van der Waals surface area contributed by atoms with E-state index in [0.29, 0.717) is 6.04 Å². The molecule has 0 aromatic heterocycles. The number of carbonyl (C=O) groups excluding carboxylic acids is 2. The second-order valence-electron chi connectivity index (χ2n) is 3.13. The molecule has 0 amide bonds. The van der Waals surface area contributed by atoms with Crippen molar-refractivity contribution in [2.45, 2.75) is 58.4 Å². The zero-order valence-corrected chi connectivity index (χ0v) is 8.71. The molecule has 0 saturated heterocycles. The maximum Gasteiger partial charge on any atom is 0.373 e. The number of hydrogen-bond donors (Lipinski definition) is 1. The van der Waals surface area contributed by atoms with Gasteiger partial charge in [-0.1, -0.05) is 39.5 Å². The smallest absolute Gasteiger partial charge is 0.328 e. The van der Waals surface area contributed by atoms with Gasteiger partial charge in [0.1, 0.15) is 0 Å². The van der Waals surface area contributed by atoms with Gasteiger partial charge in [-0.3, -0.25) is 0 Å². The van der Waals surface area contributed by atoms with Crippen molar-refractivity contribution in [1.82, 2.24) is 0 Å². The molecule has 1 unspecified atom stereocenters. The summed E-state index contributed by atoms with van der Waals surface area (Å²) in [5.41, 5.74) is 5.82. The minimum Gasteiger partial charge on any atom is -0.328 e. The van der Waals surface area contributed by atoms with Crippen LogP contribution in [-0.2, 0) is 9.59 Å². The Morgan fingerprint density at radius 1 is 1.08 bits per heavy atom. The lowest BCUT2D eigenvalue weighted by atomic mass is 10.1. The molecule has 0 aliphatic heterocycles. The van der Waals surface area contributed by atoms with Crippen LogP contribution in [0.15, 0.2) is 0 Å². The van der Waals surface area contributed by atoms with Gasteiger partial charge in [0.15, 0.2) is 0 Å². The second-order valence-corrected chi connectivity index (χ2v) is 3.13. The van der Waals surface area contributed by atoms with Gasteiger partial charge in [0.25, 0.3) is 0 Å². The molecule has 0 bridgehead atoms. The van der Waals surface area contributed by atoms with Gasteiger partial charge in [-0.15, -0.1) is 0 Å². The highest BCUT2D eigenvalue weighted by atomic mass is 16.2. The molecule has 0 aliphatic carbocycles. The van der Waals surface area contributed by atoms with Crippen LogP contribution in [-0.4, -0.2) is 12.2 Å². The van der Waals surface area contributed by atoms with E-state index in [0.717, 1.165) is 0 Å². The summed E-state index contributed by atoms with van der Waals surface area (Å²) >= 11 is 0. The van der Waals surface area contributed by atoms with Crippen molar-refractivity contribution in [1.29, 1.82) is 0 Å². The van der Waals surface area contributed by atoms with Crippen LogP contribution in [0, 0.1) is 0 Å². The Morgan fingerprint density at radius 3 is 2.00 bits per heavy atom. The predicted octanol–water partition coefficient (Wildman–Crippen LogP) is 2.11. The highest BCUT2D eigenvalue weighted by Crippen LogP contribution is 2.05. The largest absolute Gasteiger partial charge is 0.373 e. The molecule has 0 aliphatic rings. The standard InChI is InChI=1S/C9H21N.CO2/c1-3-5-6-8-9(10)7-4-2;2-1-3/h9H,3-8,10H2,1-2H3;. The molecule has 13 heavy (non-hydrogen) atoms. The summed E-state index contributed by atoms with van der Waals surface area (Å²) in [7, 11) is 0. The third-order valence-corrected chi connectivity index (χ3v) is 1.84. The van der Waals surface area contributed by atoms with E-state index in [1.165, 1.54) is 38.5 Å². The van der Waals surface area contributed by atoms with Crippen molar-refractivity contribution >= 4 is 6.15 Å². The maximum atomic E-state index is 8.12. The quantitative estimate of drug-likeness (QED) is 0.648. The first-order valence-electron chi connectivity index (χ1n) is 4.97. The molecule has 0 fully saturated rings. The highest BCUT2D eigenvalue weighted by molar-refractivity contribution is 5.20. The summed E-state index contributed by atoms with van der Waals surface area (Å²) in [6.07, 6.45) is 7.87. The minimum atomic E-state index is 0.250. The van der Waals surface area contributed by atoms with Crippen molar-refractivity contribution in [2.75, 3.05) is 0 Å². The van der Waals surface area contributed by atoms with E-state index in [1.54, 1.807) is 0 Å². The Bertz CT molecular complexity index is 120. The lowest BCUT2D eigenvalue weighted by Crippen LogP contribution is -2.18. The van der Waals surface area contributed by atoms with Gasteiger partial charge in [-0.2, -0.15) is 9.59 Å². The zero-order valence-electron chi connectivity index (χ0n) is 8.71. The van der Waals surface area contributed by atoms with Crippen LogP contribution >= 0.6 is 0 Å². The molecular weight excluding hydrogens is 166 g/mol. The average molecular weight is 187 g/mol. The molecule has 1 atom stereocenters. The Kier molecular flexibility index (Phi) is 15.9. The summed E-state index contributed by atoms with van der Waals surface area (Å²) in [4.78, 5) is 16.2. The number of rotatable bonds is 6. The summed E-state index contributed by atoms with van der Waals surface area (Å²) in [5.74, 6) is 0. The fraction of sp³-hybridized carbons (Fsp3) is 0.900. The van der Waals surface area contributed by atoms with Crippen molar-refractivity contribution in [3.63, 3.8) is 0 Å². The summed E-state index contributed by atoms with van der Waals surface area (Å²) in [6.45, 7) is 4.42. The molecule has 3 heteroatoms. The maximum absolute atomic E-state index is 8.12. The monoisotopic (exact) mass is 187 g/mol. The Morgan fingerprint density at radius 2 is 1.62 bits per heavy atom. The lowest BCUT2D eigenvalue weighted by Gasteiger charge is -2.08. The van der Waals surface area contributed by atoms with E-state index in [1.807, 2.05) is 0 Å². The van der Waals surface area contributed by atoms with Gasteiger partial charge in [0, 0.05) is 6.04 Å². The van der Waals surface area contributed by atoms with Gasteiger partial charge in [0.05, 0.1) is 0 Å². The summed E-state index contributed by atoms with van der Waals surface area (Å²) in [6, 6.07) is 0.469. The van der Waals surface area contributed by atoms with Crippen LogP contribution in [0.4, 0.5) is 0 Å². The van der Waals surface area contributed by atoms with E-state index in [4.69, 9.17) is 15.3 Å². The molecule has 0 aromatic rings. The van der Waals surface area contributed by atoms with Gasteiger partial charge >= 0.3 is 6.15 Å². The van der Waals surface area contributed by atoms with Crippen LogP contribution in [0.25, 0.3) is 0 Å². The highest BCUT2D eigenvalue weighted by Gasteiger charge is 1.98. The SMILES string of the molecule is CCCCCC(N)CCC.O=C=O. The van der Waals surface area contributed by atoms with Crippen molar-refractivity contribution in [3.05, 3.63) is 0 Å². The number of hydrogen-bond acceptors (Lipinski definition) is 3. The van der Waals surface area contributed by atoms with Crippen molar-refractivity contribution < 1.29 is 9.59 Å². The molecular formula is C10H21NO2. The summed E-state index contributed by atoms with van der Waals surface area (Å²) in [5, 5.41) is 0. The van der Waals surface area contributed by atoms with Crippen molar-refractivity contribution in [3.8, 4) is 0 Å². The van der Waals surface area contributed by atoms with Crippen LogP contribution in [0.3, 0.4) is 0 Å².